The Kier molecular flexibility index (Phi) is 8.32. The van der Waals surface area contributed by atoms with E-state index in [4.69, 9.17) is 21.4 Å². The highest BCUT2D eigenvalue weighted by Crippen LogP contribution is 2.34. The first-order chi connectivity index (χ1) is 19.5. The second-order valence-electron chi connectivity index (χ2n) is 12.2. The molecule has 1 atom stereocenters. The van der Waals surface area contributed by atoms with Crippen molar-refractivity contribution in [3.63, 3.8) is 0 Å². The van der Waals surface area contributed by atoms with Gasteiger partial charge in [0, 0.05) is 55.4 Å². The molecule has 0 bridgehead atoms. The predicted octanol–water partition coefficient (Wildman–Crippen LogP) is 6.30. The van der Waals surface area contributed by atoms with Crippen molar-refractivity contribution in [1.29, 1.82) is 0 Å². The van der Waals surface area contributed by atoms with E-state index < -0.39 is 5.60 Å². The summed E-state index contributed by atoms with van der Waals surface area (Å²) in [7, 11) is 0. The molecule has 2 aliphatic heterocycles. The van der Waals surface area contributed by atoms with Crippen molar-refractivity contribution in [2.45, 2.75) is 65.0 Å². The topological polar surface area (TPSA) is 70.9 Å². The Balaban J connectivity index is 1.38. The van der Waals surface area contributed by atoms with Gasteiger partial charge < -0.3 is 19.4 Å². The average molecular weight is 578 g/mol. The molecule has 5 rings (SSSR count). The average Bonchev–Trinajstić information content (AvgIpc) is 3.37. The number of carbonyl (C=O) groups is 2. The number of halogens is 1. The molecule has 2 aromatic carbocycles. The molecule has 9 heteroatoms. The third kappa shape index (κ3) is 6.53. The van der Waals surface area contributed by atoms with Crippen molar-refractivity contribution >= 4 is 29.3 Å². The summed E-state index contributed by atoms with van der Waals surface area (Å²) in [5.41, 5.74) is 4.20. The molecule has 0 aliphatic carbocycles. The smallest absolute Gasteiger partial charge is 0.410 e. The lowest BCUT2D eigenvalue weighted by molar-refractivity contribution is 0.0203. The highest BCUT2D eigenvalue weighted by atomic mass is 35.5. The van der Waals surface area contributed by atoms with E-state index in [-0.39, 0.29) is 24.0 Å². The van der Waals surface area contributed by atoms with E-state index in [9.17, 15) is 9.59 Å². The van der Waals surface area contributed by atoms with Gasteiger partial charge in [-0.2, -0.15) is 5.10 Å². The van der Waals surface area contributed by atoms with Crippen molar-refractivity contribution < 1.29 is 14.3 Å². The summed E-state index contributed by atoms with van der Waals surface area (Å²) in [6.45, 7) is 13.0. The Morgan fingerprint density at radius 3 is 2.32 bits per heavy atom. The van der Waals surface area contributed by atoms with Crippen LogP contribution in [0.5, 0.6) is 0 Å². The number of likely N-dealkylation sites (tertiary alicyclic amines) is 1. The van der Waals surface area contributed by atoms with Crippen molar-refractivity contribution in [1.82, 2.24) is 19.6 Å². The number of amides is 2. The fourth-order valence-corrected chi connectivity index (χ4v) is 6.08. The molecule has 2 amide bonds. The monoisotopic (exact) mass is 577 g/mol. The van der Waals surface area contributed by atoms with Gasteiger partial charge in [0.2, 0.25) is 0 Å². The third-order valence-electron chi connectivity index (χ3n) is 7.87. The van der Waals surface area contributed by atoms with Gasteiger partial charge in [0.1, 0.15) is 5.60 Å². The largest absolute Gasteiger partial charge is 0.444 e. The van der Waals surface area contributed by atoms with E-state index in [1.54, 1.807) is 11.1 Å². The quantitative estimate of drug-likeness (QED) is 0.364. The van der Waals surface area contributed by atoms with Gasteiger partial charge in [-0.05, 0) is 83.4 Å². The molecule has 41 heavy (non-hydrogen) atoms. The van der Waals surface area contributed by atoms with E-state index >= 15 is 0 Å². The van der Waals surface area contributed by atoms with Gasteiger partial charge in [-0.15, -0.1) is 0 Å². The number of benzene rings is 2. The molecule has 2 saturated heterocycles. The number of piperidine rings is 1. The first kappa shape index (κ1) is 29.0. The Bertz CT molecular complexity index is 1410. The number of hydrogen-bond acceptors (Lipinski definition) is 5. The Morgan fingerprint density at radius 1 is 0.951 bits per heavy atom. The van der Waals surface area contributed by atoms with Crippen LogP contribution in [-0.4, -0.2) is 75.9 Å². The summed E-state index contributed by atoms with van der Waals surface area (Å²) < 4.78 is 7.46. The number of nitrogens with zero attached hydrogens (tertiary/aromatic N) is 5. The zero-order valence-corrected chi connectivity index (χ0v) is 25.4. The molecule has 8 nitrogen and oxygen atoms in total. The molecule has 3 heterocycles. The molecule has 3 aromatic rings. The zero-order valence-electron chi connectivity index (χ0n) is 24.6. The normalized spacial score (nSPS) is 18.5. The van der Waals surface area contributed by atoms with Crippen LogP contribution < -0.4 is 4.90 Å². The molecule has 2 aliphatic rings. The fourth-order valence-electron chi connectivity index (χ4n) is 5.89. The third-order valence-corrected chi connectivity index (χ3v) is 8.11. The molecule has 0 saturated carbocycles. The molecule has 218 valence electrons. The second-order valence-corrected chi connectivity index (χ2v) is 12.6. The summed E-state index contributed by atoms with van der Waals surface area (Å²) in [6.07, 6.45) is 2.83. The number of carbonyl (C=O) groups excluding carboxylic acids is 2. The van der Waals surface area contributed by atoms with E-state index in [0.717, 1.165) is 17.9 Å². The van der Waals surface area contributed by atoms with Crippen LogP contribution in [0.1, 0.15) is 68.1 Å². The fraction of sp³-hybridized carbons (Fsp3) is 0.469. The summed E-state index contributed by atoms with van der Waals surface area (Å²) in [5.74, 6) is 0.0544. The van der Waals surface area contributed by atoms with Crippen LogP contribution in [0.4, 0.5) is 10.5 Å². The number of ether oxygens (including phenoxy) is 1. The molecule has 0 spiro atoms. The summed E-state index contributed by atoms with van der Waals surface area (Å²) in [5, 5.41) is 5.32. The SMILES string of the molecule is Cc1cccc(N2CCN(C(=O)c3cnn(-c4cccc(Cl)c4)c3C3CCN(C(=O)OC(C)(C)C)CC3)CC2C)c1. The van der Waals surface area contributed by atoms with E-state index in [2.05, 4.69) is 43.0 Å². The highest BCUT2D eigenvalue weighted by molar-refractivity contribution is 6.30. The van der Waals surface area contributed by atoms with Crippen LogP contribution >= 0.6 is 11.6 Å². The minimum atomic E-state index is -0.542. The van der Waals surface area contributed by atoms with Crippen molar-refractivity contribution in [3.8, 4) is 5.69 Å². The highest BCUT2D eigenvalue weighted by Gasteiger charge is 2.35. The molecule has 0 N–H and O–H groups in total. The Hall–Kier alpha value is -3.52. The van der Waals surface area contributed by atoms with Gasteiger partial charge >= 0.3 is 6.09 Å². The van der Waals surface area contributed by atoms with Crippen LogP contribution in [0, 0.1) is 6.92 Å². The summed E-state index contributed by atoms with van der Waals surface area (Å²) in [4.78, 5) is 32.9. The predicted molar refractivity (Wildman–Crippen MR) is 162 cm³/mol. The Morgan fingerprint density at radius 2 is 1.66 bits per heavy atom. The first-order valence-electron chi connectivity index (χ1n) is 14.4. The van der Waals surface area contributed by atoms with Crippen molar-refractivity contribution in [3.05, 3.63) is 76.6 Å². The molecule has 2 fully saturated rings. The summed E-state index contributed by atoms with van der Waals surface area (Å²) in [6, 6.07) is 16.2. The molecule has 1 aromatic heterocycles. The van der Waals surface area contributed by atoms with Crippen LogP contribution in [0.25, 0.3) is 5.69 Å². The first-order valence-corrected chi connectivity index (χ1v) is 14.8. The van der Waals surface area contributed by atoms with Crippen molar-refractivity contribution in [2.24, 2.45) is 0 Å². The van der Waals surface area contributed by atoms with Crippen LogP contribution in [0.3, 0.4) is 0 Å². The second kappa shape index (κ2) is 11.8. The maximum atomic E-state index is 14.1. The maximum absolute atomic E-state index is 14.1. The molecule has 1 unspecified atom stereocenters. The minimum Gasteiger partial charge on any atom is -0.444 e. The summed E-state index contributed by atoms with van der Waals surface area (Å²) >= 11 is 6.34. The maximum Gasteiger partial charge on any atom is 0.410 e. The Labute approximate surface area is 247 Å². The van der Waals surface area contributed by atoms with Crippen LogP contribution in [0.15, 0.2) is 54.7 Å². The standard InChI is InChI=1S/C32H40ClN5O3/c1-22-8-6-10-26(18-22)37-17-16-36(21-23(37)2)30(39)28-20-34-38(27-11-7-9-25(33)19-27)29(28)24-12-14-35(15-13-24)31(40)41-32(3,4)5/h6-11,18-20,23-24H,12-17,21H2,1-5H3. The number of hydrogen-bond donors (Lipinski definition) is 0. The lowest BCUT2D eigenvalue weighted by Crippen LogP contribution is -2.54. The molecular formula is C32H40ClN5O3. The number of piperazine rings is 1. The van der Waals surface area contributed by atoms with E-state index in [0.29, 0.717) is 49.6 Å². The van der Waals surface area contributed by atoms with E-state index in [1.807, 2.05) is 54.6 Å². The number of aryl methyl sites for hydroxylation is 1. The zero-order chi connectivity index (χ0) is 29.3. The van der Waals surface area contributed by atoms with Gasteiger partial charge in [0.25, 0.3) is 5.91 Å². The van der Waals surface area contributed by atoms with Crippen LogP contribution in [0.2, 0.25) is 5.02 Å². The van der Waals surface area contributed by atoms with Gasteiger partial charge in [0.05, 0.1) is 23.1 Å². The van der Waals surface area contributed by atoms with Crippen molar-refractivity contribution in [2.75, 3.05) is 37.6 Å². The molecule has 0 radical (unpaired) electrons. The van der Waals surface area contributed by atoms with Gasteiger partial charge in [-0.3, -0.25) is 4.79 Å². The van der Waals surface area contributed by atoms with Gasteiger partial charge in [-0.1, -0.05) is 29.8 Å². The van der Waals surface area contributed by atoms with Crippen LogP contribution in [-0.2, 0) is 4.74 Å². The van der Waals surface area contributed by atoms with E-state index in [1.165, 1.54) is 11.3 Å². The van der Waals surface area contributed by atoms with Gasteiger partial charge in [0.15, 0.2) is 0 Å². The number of anilines is 1. The lowest BCUT2D eigenvalue weighted by Gasteiger charge is -2.41. The van der Waals surface area contributed by atoms with Gasteiger partial charge in [-0.25, -0.2) is 9.48 Å². The minimum absolute atomic E-state index is 0.00130. The molecular weight excluding hydrogens is 538 g/mol. The lowest BCUT2D eigenvalue weighted by atomic mass is 9.90. The number of aromatic nitrogens is 2. The number of rotatable bonds is 4.